The summed E-state index contributed by atoms with van der Waals surface area (Å²) in [5.74, 6) is 0.572. The van der Waals surface area contributed by atoms with Crippen LogP contribution in [0.3, 0.4) is 0 Å². The standard InChI is InChI=1S/C16H16O2S/c1-12-7-6-10-14(15(12)16(17)18-2)19-11-13-8-4-3-5-9-13/h3-10H,11H2,1-2H3. The number of hydrogen-bond acceptors (Lipinski definition) is 3. The summed E-state index contributed by atoms with van der Waals surface area (Å²) in [6.07, 6.45) is 0. The number of carbonyl (C=O) groups is 1. The number of esters is 1. The topological polar surface area (TPSA) is 26.3 Å². The molecule has 2 rings (SSSR count). The average molecular weight is 272 g/mol. The van der Waals surface area contributed by atoms with Crippen molar-refractivity contribution in [3.63, 3.8) is 0 Å². The second kappa shape index (κ2) is 6.43. The molecule has 3 heteroatoms. The molecule has 0 heterocycles. The summed E-state index contributed by atoms with van der Waals surface area (Å²) < 4.78 is 4.86. The van der Waals surface area contributed by atoms with E-state index in [0.29, 0.717) is 5.56 Å². The maximum atomic E-state index is 11.8. The van der Waals surface area contributed by atoms with E-state index in [2.05, 4.69) is 12.1 Å². The lowest BCUT2D eigenvalue weighted by atomic mass is 10.1. The molecule has 98 valence electrons. The summed E-state index contributed by atoms with van der Waals surface area (Å²) in [6, 6.07) is 16.1. The highest BCUT2D eigenvalue weighted by Crippen LogP contribution is 2.28. The molecule has 0 unspecified atom stereocenters. The fourth-order valence-corrected chi connectivity index (χ4v) is 2.94. The summed E-state index contributed by atoms with van der Waals surface area (Å²) in [4.78, 5) is 12.8. The molecule has 0 aromatic heterocycles. The van der Waals surface area contributed by atoms with Crippen LogP contribution >= 0.6 is 11.8 Å². The Morgan fingerprint density at radius 3 is 2.53 bits per heavy atom. The molecule has 0 spiro atoms. The molecule has 0 bridgehead atoms. The van der Waals surface area contributed by atoms with Gasteiger partial charge in [-0.1, -0.05) is 42.5 Å². The van der Waals surface area contributed by atoms with E-state index in [1.807, 2.05) is 43.3 Å². The van der Waals surface area contributed by atoms with Gasteiger partial charge in [0, 0.05) is 10.6 Å². The summed E-state index contributed by atoms with van der Waals surface area (Å²) in [7, 11) is 1.42. The quantitative estimate of drug-likeness (QED) is 0.620. The van der Waals surface area contributed by atoms with Crippen LogP contribution in [0.15, 0.2) is 53.4 Å². The number of ether oxygens (including phenoxy) is 1. The van der Waals surface area contributed by atoms with Gasteiger partial charge in [0.1, 0.15) is 0 Å². The monoisotopic (exact) mass is 272 g/mol. The van der Waals surface area contributed by atoms with Gasteiger partial charge in [-0.3, -0.25) is 0 Å². The van der Waals surface area contributed by atoms with Gasteiger partial charge >= 0.3 is 5.97 Å². The third-order valence-corrected chi connectivity index (χ3v) is 3.99. The molecule has 2 aromatic rings. The van der Waals surface area contributed by atoms with Crippen LogP contribution in [0.2, 0.25) is 0 Å². The molecule has 2 aromatic carbocycles. The highest BCUT2D eigenvalue weighted by Gasteiger charge is 2.14. The highest BCUT2D eigenvalue weighted by atomic mass is 32.2. The van der Waals surface area contributed by atoms with Gasteiger partial charge < -0.3 is 4.74 Å². The van der Waals surface area contributed by atoms with E-state index in [1.165, 1.54) is 12.7 Å². The van der Waals surface area contributed by atoms with Crippen molar-refractivity contribution in [3.05, 3.63) is 65.2 Å². The largest absolute Gasteiger partial charge is 0.465 e. The lowest BCUT2D eigenvalue weighted by Crippen LogP contribution is -2.05. The summed E-state index contributed by atoms with van der Waals surface area (Å²) in [6.45, 7) is 1.93. The molecule has 0 aliphatic carbocycles. The second-order valence-electron chi connectivity index (χ2n) is 4.21. The first-order chi connectivity index (χ1) is 9.22. The number of thioether (sulfide) groups is 1. The van der Waals surface area contributed by atoms with Crippen LogP contribution in [0.1, 0.15) is 21.5 Å². The minimum atomic E-state index is -0.270. The molecule has 0 amide bonds. The maximum absolute atomic E-state index is 11.8. The third-order valence-electron chi connectivity index (χ3n) is 2.86. The molecule has 0 aliphatic heterocycles. The first-order valence-corrected chi connectivity index (χ1v) is 7.05. The van der Waals surface area contributed by atoms with Crippen molar-refractivity contribution in [1.29, 1.82) is 0 Å². The predicted octanol–water partition coefficient (Wildman–Crippen LogP) is 4.07. The lowest BCUT2D eigenvalue weighted by molar-refractivity contribution is 0.0596. The van der Waals surface area contributed by atoms with Gasteiger partial charge in [-0.25, -0.2) is 4.79 Å². The van der Waals surface area contributed by atoms with Crippen LogP contribution in [-0.2, 0) is 10.5 Å². The van der Waals surface area contributed by atoms with Gasteiger partial charge in [-0.05, 0) is 24.1 Å². The molecule has 0 atom stereocenters. The van der Waals surface area contributed by atoms with Gasteiger partial charge in [-0.2, -0.15) is 0 Å². The van der Waals surface area contributed by atoms with Gasteiger partial charge in [0.25, 0.3) is 0 Å². The van der Waals surface area contributed by atoms with Gasteiger partial charge in [0.2, 0.25) is 0 Å². The van der Waals surface area contributed by atoms with Crippen molar-refractivity contribution in [1.82, 2.24) is 0 Å². The first-order valence-electron chi connectivity index (χ1n) is 6.07. The van der Waals surface area contributed by atoms with Crippen LogP contribution in [0, 0.1) is 6.92 Å². The van der Waals surface area contributed by atoms with Gasteiger partial charge in [0.05, 0.1) is 12.7 Å². The van der Waals surface area contributed by atoms with Crippen LogP contribution < -0.4 is 0 Å². The van der Waals surface area contributed by atoms with Crippen LogP contribution in [0.5, 0.6) is 0 Å². The Labute approximate surface area is 117 Å². The number of aryl methyl sites for hydroxylation is 1. The Bertz CT molecular complexity index is 564. The zero-order valence-corrected chi connectivity index (χ0v) is 11.9. The van der Waals surface area contributed by atoms with E-state index in [-0.39, 0.29) is 5.97 Å². The Hall–Kier alpha value is -1.74. The molecular formula is C16H16O2S. The molecule has 0 saturated carbocycles. The zero-order valence-electron chi connectivity index (χ0n) is 11.1. The second-order valence-corrected chi connectivity index (χ2v) is 5.23. The highest BCUT2D eigenvalue weighted by molar-refractivity contribution is 7.98. The average Bonchev–Trinajstić information content (AvgIpc) is 2.45. The summed E-state index contributed by atoms with van der Waals surface area (Å²) in [5, 5.41) is 0. The summed E-state index contributed by atoms with van der Waals surface area (Å²) >= 11 is 1.66. The van der Waals surface area contributed by atoms with Gasteiger partial charge in [-0.15, -0.1) is 11.8 Å². The molecular weight excluding hydrogens is 256 g/mol. The third kappa shape index (κ3) is 3.38. The van der Waals surface area contributed by atoms with Crippen molar-refractivity contribution in [2.24, 2.45) is 0 Å². The molecule has 0 N–H and O–H groups in total. The van der Waals surface area contributed by atoms with Crippen molar-refractivity contribution in [2.75, 3.05) is 7.11 Å². The molecule has 0 fully saturated rings. The van der Waals surface area contributed by atoms with Crippen molar-refractivity contribution in [3.8, 4) is 0 Å². The predicted molar refractivity (Wildman–Crippen MR) is 78.5 cm³/mol. The van der Waals surface area contributed by atoms with E-state index in [4.69, 9.17) is 4.74 Å². The first kappa shape index (κ1) is 13.7. The fraction of sp³-hybridized carbons (Fsp3) is 0.188. The molecule has 0 saturated heterocycles. The Balaban J connectivity index is 2.21. The normalized spacial score (nSPS) is 10.2. The van der Waals surface area contributed by atoms with E-state index in [1.54, 1.807) is 11.8 Å². The smallest absolute Gasteiger partial charge is 0.339 e. The minimum absolute atomic E-state index is 0.270. The Morgan fingerprint density at radius 2 is 1.84 bits per heavy atom. The minimum Gasteiger partial charge on any atom is -0.465 e. The SMILES string of the molecule is COC(=O)c1c(C)cccc1SCc1ccccc1. The Morgan fingerprint density at radius 1 is 1.11 bits per heavy atom. The number of benzene rings is 2. The van der Waals surface area contributed by atoms with Gasteiger partial charge in [0.15, 0.2) is 0 Å². The maximum Gasteiger partial charge on any atom is 0.339 e. The van der Waals surface area contributed by atoms with Crippen molar-refractivity contribution in [2.45, 2.75) is 17.6 Å². The van der Waals surface area contributed by atoms with Crippen LogP contribution in [-0.4, -0.2) is 13.1 Å². The van der Waals surface area contributed by atoms with Crippen LogP contribution in [0.4, 0.5) is 0 Å². The molecule has 0 aliphatic rings. The molecule has 0 radical (unpaired) electrons. The number of hydrogen-bond donors (Lipinski definition) is 0. The molecule has 19 heavy (non-hydrogen) atoms. The van der Waals surface area contributed by atoms with Crippen LogP contribution in [0.25, 0.3) is 0 Å². The number of carbonyl (C=O) groups excluding carboxylic acids is 1. The fourth-order valence-electron chi connectivity index (χ4n) is 1.86. The number of rotatable bonds is 4. The van der Waals surface area contributed by atoms with E-state index in [0.717, 1.165) is 16.2 Å². The van der Waals surface area contributed by atoms with Crippen molar-refractivity contribution < 1.29 is 9.53 Å². The zero-order chi connectivity index (χ0) is 13.7. The van der Waals surface area contributed by atoms with E-state index < -0.39 is 0 Å². The summed E-state index contributed by atoms with van der Waals surface area (Å²) in [5.41, 5.74) is 2.86. The van der Waals surface area contributed by atoms with E-state index >= 15 is 0 Å². The number of methoxy groups -OCH3 is 1. The van der Waals surface area contributed by atoms with E-state index in [9.17, 15) is 4.79 Å². The molecule has 2 nitrogen and oxygen atoms in total. The Kier molecular flexibility index (Phi) is 4.63. The van der Waals surface area contributed by atoms with Crippen molar-refractivity contribution >= 4 is 17.7 Å². The lowest BCUT2D eigenvalue weighted by Gasteiger charge is -2.10.